The van der Waals surface area contributed by atoms with Gasteiger partial charge in [-0.25, -0.2) is 8.42 Å². The van der Waals surface area contributed by atoms with Crippen LogP contribution in [0.3, 0.4) is 0 Å². The van der Waals surface area contributed by atoms with Gasteiger partial charge in [0.2, 0.25) is 0 Å². The molecule has 14 heteroatoms. The lowest BCUT2D eigenvalue weighted by molar-refractivity contribution is -0.181. The summed E-state index contributed by atoms with van der Waals surface area (Å²) in [7, 11) is -2.77. The van der Waals surface area contributed by atoms with Gasteiger partial charge < -0.3 is 35.0 Å². The van der Waals surface area contributed by atoms with Crippen molar-refractivity contribution in [1.82, 2.24) is 0 Å². The van der Waals surface area contributed by atoms with Gasteiger partial charge in [0.05, 0.1) is 44.8 Å². The molecule has 0 heterocycles. The second-order valence-electron chi connectivity index (χ2n) is 31.8. The molecule has 10 aliphatic rings. The van der Waals surface area contributed by atoms with Crippen molar-refractivity contribution in [3.8, 4) is 0 Å². The molecule has 0 aromatic heterocycles. The normalized spacial score (nSPS) is 46.9. The van der Waals surface area contributed by atoms with E-state index in [-0.39, 0.29) is 41.9 Å². The fraction of sp³-hybridized carbons (Fsp3) is 0.913. The van der Waals surface area contributed by atoms with Gasteiger partial charge in [-0.3, -0.25) is 0 Å². The Bertz CT molecular complexity index is 2390. The van der Waals surface area contributed by atoms with E-state index in [0.717, 1.165) is 95.0 Å². The molecule has 5 N–H and O–H groups in total. The number of alkyl halides is 4. The number of hydrogen-bond donors (Lipinski definition) is 5. The van der Waals surface area contributed by atoms with Crippen LogP contribution in [0.2, 0.25) is 0 Å². The average Bonchev–Trinajstić information content (AvgIpc) is 2.85. The number of halogens is 4. The summed E-state index contributed by atoms with van der Waals surface area (Å²) < 4.78 is 89.2. The Morgan fingerprint density at radius 1 is 0.506 bits per heavy atom. The van der Waals surface area contributed by atoms with E-state index in [1.165, 1.54) is 64.2 Å². The molecule has 10 aliphatic carbocycles. The summed E-state index contributed by atoms with van der Waals surface area (Å²) in [4.78, 5) is 0.294. The zero-order valence-corrected chi connectivity index (χ0v) is 53.3. The van der Waals surface area contributed by atoms with Crippen LogP contribution in [-0.4, -0.2) is 94.1 Å². The van der Waals surface area contributed by atoms with Crippen LogP contribution in [0, 0.1) is 92.7 Å². The summed E-state index contributed by atoms with van der Waals surface area (Å²) in [5.74, 6) is 7.02. The third-order valence-corrected chi connectivity index (χ3v) is 29.7. The fourth-order valence-corrected chi connectivity index (χ4v) is 24.9. The molecule has 9 nitrogen and oxygen atoms in total. The van der Waals surface area contributed by atoms with Crippen LogP contribution in [0.1, 0.15) is 242 Å². The molecule has 11 rings (SSSR count). The Morgan fingerprint density at radius 3 is 1.39 bits per heavy atom. The van der Waals surface area contributed by atoms with E-state index in [4.69, 9.17) is 14.6 Å². The quantitative estimate of drug-likeness (QED) is 0.115. The predicted octanol–water partition coefficient (Wildman–Crippen LogP) is 15.5. The van der Waals surface area contributed by atoms with Crippen molar-refractivity contribution in [1.29, 1.82) is 0 Å². The number of aliphatic hydroxyl groups is 5. The first-order valence-electron chi connectivity index (χ1n) is 33.4. The topological polar surface area (TPSA) is 154 Å². The molecule has 10 fully saturated rings. The molecule has 0 saturated heterocycles. The molecule has 0 aliphatic heterocycles. The Balaban J connectivity index is 0.000000198. The van der Waals surface area contributed by atoms with Gasteiger partial charge in [0, 0.05) is 7.11 Å². The van der Waals surface area contributed by atoms with Crippen molar-refractivity contribution >= 4 is 9.84 Å². The number of aliphatic hydroxyl groups excluding tert-OH is 1. The Morgan fingerprint density at radius 2 is 0.928 bits per heavy atom. The number of rotatable bonds is 14. The van der Waals surface area contributed by atoms with Crippen LogP contribution < -0.4 is 0 Å². The van der Waals surface area contributed by atoms with Gasteiger partial charge in [-0.15, -0.1) is 0 Å². The maximum atomic E-state index is 14.4. The molecular weight excluding hydrogens is 1080 g/mol. The molecule has 0 amide bonds. The van der Waals surface area contributed by atoms with Gasteiger partial charge in [-0.1, -0.05) is 59.7 Å². The first-order chi connectivity index (χ1) is 38.9. The molecule has 0 radical (unpaired) electrons. The van der Waals surface area contributed by atoms with E-state index in [1.807, 2.05) is 13.0 Å². The second kappa shape index (κ2) is 25.1. The number of sulfone groups is 1. The van der Waals surface area contributed by atoms with E-state index in [9.17, 15) is 46.4 Å². The van der Waals surface area contributed by atoms with Gasteiger partial charge in [-0.05, 0) is 305 Å². The van der Waals surface area contributed by atoms with E-state index in [2.05, 4.69) is 48.5 Å². The standard InChI is InChI=1S/C37H56F2O5S.C31H52F2O3.CH4O/c1-24(32(45(42,43)27-8-6-5-7-9-27)23-37(41)18-14-26(15-19-37)44-33(38)39)29-12-13-30-28-11-10-25-22-34(2,40)20-21-35(25,3)31(28)16-17-36(29,30)4;1-20(9-14-31(35)15-10-22(11-16-31)36-27(32)33)24-7-8-25-23-6-5-21-19-28(2,34)17-18-29(21,3)26(23)12-13-30(24,25)4;1-2/h5-9,24-26,28-33,40-41H,10-23H2,1-4H3;20-27,34-35H,5-19H2,1-4H3;2H,1H3/t24-,25-,26?,28-,29+,30-,31-,32?,34-,35-,36+,37?;20-,21+,22?,23+,24-,25+,26+,28+,29+,30-,31?;/m01./s1. The first-order valence-corrected chi connectivity index (χ1v) is 35.0. The monoisotopic (exact) mass is 1190 g/mol. The molecule has 476 valence electrons. The minimum Gasteiger partial charge on any atom is -0.400 e. The smallest absolute Gasteiger partial charge is 0.345 e. The van der Waals surface area contributed by atoms with Gasteiger partial charge >= 0.3 is 13.2 Å². The highest BCUT2D eigenvalue weighted by molar-refractivity contribution is 7.92. The molecule has 1 unspecified atom stereocenters. The summed E-state index contributed by atoms with van der Waals surface area (Å²) in [6.07, 6.45) is 25.1. The zero-order valence-electron chi connectivity index (χ0n) is 52.5. The fourth-order valence-electron chi connectivity index (χ4n) is 22.7. The molecule has 19 atom stereocenters. The van der Waals surface area contributed by atoms with Crippen LogP contribution >= 0.6 is 0 Å². The van der Waals surface area contributed by atoms with E-state index in [1.54, 1.807) is 24.3 Å². The second-order valence-corrected chi connectivity index (χ2v) is 34.0. The van der Waals surface area contributed by atoms with Crippen LogP contribution in [0.25, 0.3) is 0 Å². The summed E-state index contributed by atoms with van der Waals surface area (Å²) in [6, 6.07) is 8.66. The predicted molar refractivity (Wildman–Crippen MR) is 318 cm³/mol. The van der Waals surface area contributed by atoms with Crippen LogP contribution in [0.4, 0.5) is 17.6 Å². The average molecular weight is 1190 g/mol. The van der Waals surface area contributed by atoms with E-state index in [0.29, 0.717) is 89.8 Å². The van der Waals surface area contributed by atoms with Crippen molar-refractivity contribution in [2.45, 2.75) is 300 Å². The lowest BCUT2D eigenvalue weighted by Gasteiger charge is -2.62. The first kappa shape index (κ1) is 66.0. The lowest BCUT2D eigenvalue weighted by atomic mass is 9.43. The van der Waals surface area contributed by atoms with Gasteiger partial charge in [0.25, 0.3) is 0 Å². The van der Waals surface area contributed by atoms with Crippen LogP contribution in [0.15, 0.2) is 35.2 Å². The largest absolute Gasteiger partial charge is 0.400 e. The SMILES string of the molecule is CO.C[C@H](C(CC1(O)CCC(OC(F)F)CC1)S(=O)(=O)c1ccccc1)[C@H]1CC[C@H]2[C@@H]3CC[C@H]4C[C@@](C)(O)CC[C@]4(C)[C@H]3CC[C@]12C.C[C@H](CCC1(O)CCC(OC(F)F)CC1)[C@H]1CC[C@H]2[C@@H]3CC[C@H]4C[C@@](C)(O)CC[C@]4(C)[C@H]3CC[C@]12C. The molecule has 0 bridgehead atoms. The van der Waals surface area contributed by atoms with E-state index < -0.39 is 62.9 Å². The molecule has 0 spiro atoms. The highest BCUT2D eigenvalue weighted by Crippen LogP contribution is 2.71. The molecule has 1 aromatic carbocycles. The van der Waals surface area contributed by atoms with Gasteiger partial charge in [0.15, 0.2) is 9.84 Å². The highest BCUT2D eigenvalue weighted by Gasteiger charge is 2.64. The van der Waals surface area contributed by atoms with Crippen LogP contribution in [0.5, 0.6) is 0 Å². The minimum absolute atomic E-state index is 0.0414. The Hall–Kier alpha value is -1.39. The number of fused-ring (bicyclic) bond motifs is 10. The number of hydrogen-bond acceptors (Lipinski definition) is 9. The summed E-state index contributed by atoms with van der Waals surface area (Å²) in [5.41, 5.74) is -1.82. The molecular formula is C69H112F4O9S. The lowest BCUT2D eigenvalue weighted by Crippen LogP contribution is -2.56. The van der Waals surface area contributed by atoms with Crippen LogP contribution in [-0.2, 0) is 19.3 Å². The van der Waals surface area contributed by atoms with Crippen molar-refractivity contribution in [3.05, 3.63) is 30.3 Å². The maximum absolute atomic E-state index is 14.4. The third-order valence-electron chi connectivity index (χ3n) is 27.4. The number of benzene rings is 1. The van der Waals surface area contributed by atoms with Gasteiger partial charge in [0.1, 0.15) is 0 Å². The van der Waals surface area contributed by atoms with E-state index >= 15 is 0 Å². The number of ether oxygens (including phenoxy) is 2. The Kier molecular flexibility index (Phi) is 20.0. The summed E-state index contributed by atoms with van der Waals surface area (Å²) >= 11 is 0. The minimum atomic E-state index is -3.77. The van der Waals surface area contributed by atoms with Gasteiger partial charge in [-0.2, -0.15) is 17.6 Å². The molecule has 1 aromatic rings. The zero-order chi connectivity index (χ0) is 60.3. The maximum Gasteiger partial charge on any atom is 0.345 e. The van der Waals surface area contributed by atoms with Crippen molar-refractivity contribution < 1.29 is 61.0 Å². The summed E-state index contributed by atoms with van der Waals surface area (Å²) in [6.45, 7) is 13.2. The Labute approximate surface area is 498 Å². The molecule has 83 heavy (non-hydrogen) atoms. The molecule has 10 saturated carbocycles. The summed E-state index contributed by atoms with van der Waals surface area (Å²) in [5, 5.41) is 50.9. The van der Waals surface area contributed by atoms with Crippen molar-refractivity contribution in [3.63, 3.8) is 0 Å². The highest BCUT2D eigenvalue weighted by atomic mass is 32.2. The van der Waals surface area contributed by atoms with Crippen molar-refractivity contribution in [2.24, 2.45) is 92.7 Å². The van der Waals surface area contributed by atoms with Crippen molar-refractivity contribution in [2.75, 3.05) is 7.11 Å². The third kappa shape index (κ3) is 13.3.